The molecule has 0 radical (unpaired) electrons. The van der Waals surface area contributed by atoms with E-state index in [0.717, 1.165) is 0 Å². The quantitative estimate of drug-likeness (QED) is 0.745. The molecule has 74 valence electrons. The van der Waals surface area contributed by atoms with E-state index in [4.69, 9.17) is 9.68 Å². The predicted octanol–water partition coefficient (Wildman–Crippen LogP) is 2.25. The molecule has 0 N–H and O–H groups in total. The van der Waals surface area contributed by atoms with E-state index in [1.54, 1.807) is 18.2 Å². The summed E-state index contributed by atoms with van der Waals surface area (Å²) in [6.45, 7) is 0. The molecule has 0 saturated carbocycles. The van der Waals surface area contributed by atoms with E-state index in [9.17, 15) is 4.79 Å². The van der Waals surface area contributed by atoms with Crippen LogP contribution < -0.4 is 5.43 Å². The van der Waals surface area contributed by atoms with Gasteiger partial charge < -0.3 is 4.42 Å². The Morgan fingerprint density at radius 3 is 2.93 bits per heavy atom. The maximum atomic E-state index is 11.9. The first kappa shape index (κ1) is 9.47. The molecule has 1 heterocycles. The van der Waals surface area contributed by atoms with Gasteiger partial charge in [-0.05, 0) is 18.6 Å². The maximum Gasteiger partial charge on any atom is 0.195 e. The summed E-state index contributed by atoms with van der Waals surface area (Å²) < 4.78 is 5.31. The highest BCUT2D eigenvalue weighted by molar-refractivity contribution is 5.76. The van der Waals surface area contributed by atoms with Gasteiger partial charge in [-0.2, -0.15) is 5.26 Å². The zero-order valence-corrected chi connectivity index (χ0v) is 8.06. The lowest BCUT2D eigenvalue weighted by molar-refractivity contribution is 0.592. The van der Waals surface area contributed by atoms with Crippen molar-refractivity contribution < 1.29 is 4.42 Å². The molecule has 3 heteroatoms. The van der Waals surface area contributed by atoms with Gasteiger partial charge in [0.2, 0.25) is 0 Å². The molecule has 1 aromatic carbocycles. The molecule has 2 rings (SSSR count). The molecular formula is C12H9NO2. The average Bonchev–Trinajstić information content (AvgIpc) is 2.29. The zero-order valence-electron chi connectivity index (χ0n) is 8.06. The third-order valence-electron chi connectivity index (χ3n) is 2.26. The highest BCUT2D eigenvalue weighted by atomic mass is 16.3. The lowest BCUT2D eigenvalue weighted by Crippen LogP contribution is -2.08. The molecular weight excluding hydrogens is 190 g/mol. The fraction of sp³-hybridized carbons (Fsp3) is 0.167. The van der Waals surface area contributed by atoms with Crippen LogP contribution in [0.4, 0.5) is 0 Å². The topological polar surface area (TPSA) is 54.0 Å². The zero-order chi connectivity index (χ0) is 10.7. The average molecular weight is 199 g/mol. The van der Waals surface area contributed by atoms with Gasteiger partial charge in [0.1, 0.15) is 5.58 Å². The molecule has 0 saturated heterocycles. The minimum absolute atomic E-state index is 0.0351. The third kappa shape index (κ3) is 1.75. The van der Waals surface area contributed by atoms with Gasteiger partial charge in [-0.25, -0.2) is 0 Å². The van der Waals surface area contributed by atoms with E-state index >= 15 is 0 Å². The molecule has 15 heavy (non-hydrogen) atoms. The minimum atomic E-state index is -0.0351. The van der Waals surface area contributed by atoms with Crippen LogP contribution in [0.5, 0.6) is 0 Å². The van der Waals surface area contributed by atoms with E-state index in [-0.39, 0.29) is 5.43 Å². The first-order valence-electron chi connectivity index (χ1n) is 4.69. The number of nitrogens with zero attached hydrogens (tertiary/aromatic N) is 1. The molecule has 0 spiro atoms. The summed E-state index contributed by atoms with van der Waals surface area (Å²) in [6.07, 6.45) is 2.23. The van der Waals surface area contributed by atoms with Crippen LogP contribution >= 0.6 is 0 Å². The van der Waals surface area contributed by atoms with Crippen molar-refractivity contribution >= 4 is 11.0 Å². The van der Waals surface area contributed by atoms with E-state index < -0.39 is 0 Å². The fourth-order valence-electron chi connectivity index (χ4n) is 1.48. The Balaban J connectivity index is 2.57. The number of hydrogen-bond donors (Lipinski definition) is 0. The number of rotatable bonds is 2. The molecule has 0 bridgehead atoms. The number of nitriles is 1. The third-order valence-corrected chi connectivity index (χ3v) is 2.26. The number of aryl methyl sites for hydroxylation is 1. The summed E-state index contributed by atoms with van der Waals surface area (Å²) >= 11 is 0. The van der Waals surface area contributed by atoms with Crippen LogP contribution in [-0.2, 0) is 6.42 Å². The molecule has 3 nitrogen and oxygen atoms in total. The molecule has 0 unspecified atom stereocenters. The molecule has 0 atom stereocenters. The molecule has 0 aliphatic heterocycles. The lowest BCUT2D eigenvalue weighted by Gasteiger charge is -1.99. The van der Waals surface area contributed by atoms with Crippen molar-refractivity contribution in [1.29, 1.82) is 5.26 Å². The van der Waals surface area contributed by atoms with Crippen LogP contribution in [0, 0.1) is 11.3 Å². The second kappa shape index (κ2) is 3.97. The van der Waals surface area contributed by atoms with Crippen LogP contribution in [0.2, 0.25) is 0 Å². The van der Waals surface area contributed by atoms with E-state index in [1.165, 1.54) is 6.26 Å². The van der Waals surface area contributed by atoms with Gasteiger partial charge in [0.15, 0.2) is 5.43 Å². The summed E-state index contributed by atoms with van der Waals surface area (Å²) in [7, 11) is 0. The molecule has 0 aliphatic rings. The van der Waals surface area contributed by atoms with E-state index in [1.807, 2.05) is 12.1 Å². The van der Waals surface area contributed by atoms with Crippen molar-refractivity contribution in [1.82, 2.24) is 0 Å². The molecule has 0 fully saturated rings. The lowest BCUT2D eigenvalue weighted by atomic mass is 10.1. The monoisotopic (exact) mass is 199 g/mol. The molecule has 2 aromatic rings. The largest absolute Gasteiger partial charge is 0.464 e. The summed E-state index contributed by atoms with van der Waals surface area (Å²) in [5, 5.41) is 9.03. The number of hydrogen-bond acceptors (Lipinski definition) is 3. The second-order valence-electron chi connectivity index (χ2n) is 3.24. The summed E-state index contributed by atoms with van der Waals surface area (Å²) in [5.41, 5.74) is 1.12. The van der Waals surface area contributed by atoms with Crippen LogP contribution in [0.25, 0.3) is 11.0 Å². The Morgan fingerprint density at radius 1 is 1.33 bits per heavy atom. The number of benzene rings is 1. The van der Waals surface area contributed by atoms with Crippen LogP contribution in [-0.4, -0.2) is 0 Å². The highest BCUT2D eigenvalue weighted by Gasteiger charge is 2.05. The van der Waals surface area contributed by atoms with Crippen LogP contribution in [0.1, 0.15) is 12.0 Å². The first-order valence-corrected chi connectivity index (χ1v) is 4.69. The van der Waals surface area contributed by atoms with Gasteiger partial charge in [0, 0.05) is 12.0 Å². The number of fused-ring (bicyclic) bond motifs is 1. The Hall–Kier alpha value is -2.08. The van der Waals surface area contributed by atoms with Crippen molar-refractivity contribution in [2.45, 2.75) is 12.8 Å². The molecule has 0 amide bonds. The van der Waals surface area contributed by atoms with Gasteiger partial charge in [-0.3, -0.25) is 4.79 Å². The van der Waals surface area contributed by atoms with E-state index in [2.05, 4.69) is 0 Å². The Bertz CT molecular complexity index is 578. The van der Waals surface area contributed by atoms with Gasteiger partial charge in [0.05, 0.1) is 17.7 Å². The van der Waals surface area contributed by atoms with Gasteiger partial charge >= 0.3 is 0 Å². The van der Waals surface area contributed by atoms with Crippen molar-refractivity contribution in [3.05, 3.63) is 46.3 Å². The Morgan fingerprint density at radius 2 is 2.13 bits per heavy atom. The van der Waals surface area contributed by atoms with Crippen LogP contribution in [0.15, 0.2) is 39.7 Å². The van der Waals surface area contributed by atoms with Crippen molar-refractivity contribution in [2.24, 2.45) is 0 Å². The summed E-state index contributed by atoms with van der Waals surface area (Å²) in [5.74, 6) is 0. The normalized spacial score (nSPS) is 10.1. The maximum absolute atomic E-state index is 11.9. The van der Waals surface area contributed by atoms with Crippen LogP contribution in [0.3, 0.4) is 0 Å². The minimum Gasteiger partial charge on any atom is -0.464 e. The van der Waals surface area contributed by atoms with Gasteiger partial charge in [-0.1, -0.05) is 12.1 Å². The summed E-state index contributed by atoms with van der Waals surface area (Å²) in [4.78, 5) is 11.9. The van der Waals surface area contributed by atoms with E-state index in [0.29, 0.717) is 29.4 Å². The SMILES string of the molecule is N#CCCc1coc2ccccc2c1=O. The fourth-order valence-corrected chi connectivity index (χ4v) is 1.48. The number of para-hydroxylation sites is 1. The summed E-state index contributed by atoms with van der Waals surface area (Å²) in [6, 6.07) is 9.12. The Labute approximate surface area is 86.6 Å². The Kier molecular flexibility index (Phi) is 2.51. The van der Waals surface area contributed by atoms with Crippen molar-refractivity contribution in [3.8, 4) is 6.07 Å². The smallest absolute Gasteiger partial charge is 0.195 e. The first-order chi connectivity index (χ1) is 7.33. The van der Waals surface area contributed by atoms with Gasteiger partial charge in [0.25, 0.3) is 0 Å². The second-order valence-corrected chi connectivity index (χ2v) is 3.24. The highest BCUT2D eigenvalue weighted by Crippen LogP contribution is 2.10. The van der Waals surface area contributed by atoms with Crippen molar-refractivity contribution in [2.75, 3.05) is 0 Å². The van der Waals surface area contributed by atoms with Gasteiger partial charge in [-0.15, -0.1) is 0 Å². The molecule has 1 aromatic heterocycles. The standard InChI is InChI=1S/C12H9NO2/c13-7-3-4-9-8-15-11-6-2-1-5-10(11)12(9)14/h1-2,5-6,8H,3-4H2. The van der Waals surface area contributed by atoms with Crippen molar-refractivity contribution in [3.63, 3.8) is 0 Å². The molecule has 0 aliphatic carbocycles. The predicted molar refractivity (Wildman–Crippen MR) is 56.4 cm³/mol.